The number of methoxy groups -OCH3 is 1. The van der Waals surface area contributed by atoms with Crippen molar-refractivity contribution in [3.05, 3.63) is 111 Å². The quantitative estimate of drug-likeness (QED) is 0.250. The Balaban J connectivity index is 1.56. The number of carbonyl (C=O) groups is 1. The molecule has 4 aromatic rings. The summed E-state index contributed by atoms with van der Waals surface area (Å²) < 4.78 is 46.7. The van der Waals surface area contributed by atoms with Gasteiger partial charge >= 0.3 is 0 Å². The lowest BCUT2D eigenvalue weighted by molar-refractivity contribution is -0.114. The van der Waals surface area contributed by atoms with Gasteiger partial charge in [0.2, 0.25) is 0 Å². The van der Waals surface area contributed by atoms with Crippen LogP contribution in [0.15, 0.2) is 88.2 Å². The number of rotatable bonds is 7. The number of sulfonamides is 1. The molecule has 0 spiro atoms. The number of amides is 1. The van der Waals surface area contributed by atoms with Crippen LogP contribution in [0, 0.1) is 5.82 Å². The molecule has 9 heteroatoms. The van der Waals surface area contributed by atoms with Crippen molar-refractivity contribution in [2.45, 2.75) is 11.3 Å². The number of fused-ring (bicyclic) bond motifs is 1. The fourth-order valence-corrected chi connectivity index (χ4v) is 5.56. The summed E-state index contributed by atoms with van der Waals surface area (Å²) in [5.41, 5.74) is 2.52. The number of hydrogen-bond acceptors (Lipinski definition) is 4. The number of ether oxygens (including phenoxy) is 1. The Morgan fingerprint density at radius 2 is 1.78 bits per heavy atom. The molecule has 0 atom stereocenters. The molecule has 0 unspecified atom stereocenters. The minimum absolute atomic E-state index is 0.109. The second kappa shape index (κ2) is 10.8. The maximum atomic E-state index is 13.5. The number of nitrogens with one attached hydrogen (secondary N) is 1. The summed E-state index contributed by atoms with van der Waals surface area (Å²) in [7, 11) is -2.83. The van der Waals surface area contributed by atoms with Crippen molar-refractivity contribution in [3.63, 3.8) is 0 Å². The lowest BCUT2D eigenvalue weighted by Gasteiger charge is -2.10. The molecular formula is C27H20BrClFNO4S. The van der Waals surface area contributed by atoms with Crippen LogP contribution in [-0.2, 0) is 21.2 Å². The SMILES string of the molecule is COc1ccc(Br)cc1S(=O)(=O)NC(=O)C=Cc1cc(Cl)ccc1Cc1ccc2cc(F)ccc2c1. The van der Waals surface area contributed by atoms with Gasteiger partial charge in [-0.25, -0.2) is 17.5 Å². The van der Waals surface area contributed by atoms with Gasteiger partial charge in [0.05, 0.1) is 7.11 Å². The third-order valence-corrected chi connectivity index (χ3v) is 7.53. The van der Waals surface area contributed by atoms with Crippen molar-refractivity contribution < 1.29 is 22.3 Å². The first kappa shape index (κ1) is 25.9. The van der Waals surface area contributed by atoms with E-state index in [1.807, 2.05) is 29.0 Å². The Labute approximate surface area is 221 Å². The standard InChI is InChI=1S/C27H20BrClFNO4S/c1-35-25-10-7-22(28)16-26(25)36(33,34)31-27(32)11-6-20-14-23(29)8-4-18(20)12-17-2-3-21-15-24(30)9-5-19(21)13-17/h2-11,13-16H,12H2,1H3,(H,31,32). The largest absolute Gasteiger partial charge is 0.495 e. The van der Waals surface area contributed by atoms with Crippen LogP contribution in [0.3, 0.4) is 0 Å². The molecule has 184 valence electrons. The first-order chi connectivity index (χ1) is 17.1. The predicted molar refractivity (Wildman–Crippen MR) is 143 cm³/mol. The third-order valence-electron chi connectivity index (χ3n) is 5.43. The van der Waals surface area contributed by atoms with Crippen LogP contribution in [0.1, 0.15) is 16.7 Å². The molecule has 0 aromatic heterocycles. The van der Waals surface area contributed by atoms with E-state index in [-0.39, 0.29) is 16.5 Å². The topological polar surface area (TPSA) is 72.5 Å². The fourth-order valence-electron chi connectivity index (χ4n) is 3.73. The van der Waals surface area contributed by atoms with Crippen molar-refractivity contribution in [2.75, 3.05) is 7.11 Å². The maximum Gasteiger partial charge on any atom is 0.268 e. The molecule has 0 saturated heterocycles. The van der Waals surface area contributed by atoms with E-state index in [1.165, 1.54) is 37.5 Å². The summed E-state index contributed by atoms with van der Waals surface area (Å²) in [6.45, 7) is 0. The smallest absolute Gasteiger partial charge is 0.268 e. The molecule has 1 N–H and O–H groups in total. The highest BCUT2D eigenvalue weighted by molar-refractivity contribution is 9.10. The monoisotopic (exact) mass is 587 g/mol. The highest BCUT2D eigenvalue weighted by Crippen LogP contribution is 2.27. The molecule has 0 bridgehead atoms. The van der Waals surface area contributed by atoms with Crippen LogP contribution in [0.25, 0.3) is 16.8 Å². The van der Waals surface area contributed by atoms with Crippen molar-refractivity contribution in [3.8, 4) is 5.75 Å². The van der Waals surface area contributed by atoms with Gasteiger partial charge in [0, 0.05) is 15.6 Å². The minimum atomic E-state index is -4.18. The zero-order chi connectivity index (χ0) is 25.9. The van der Waals surface area contributed by atoms with Gasteiger partial charge in [-0.15, -0.1) is 0 Å². The van der Waals surface area contributed by atoms with Crippen LogP contribution in [0.5, 0.6) is 5.75 Å². The van der Waals surface area contributed by atoms with Crippen molar-refractivity contribution in [1.82, 2.24) is 4.72 Å². The molecule has 4 rings (SSSR count). The minimum Gasteiger partial charge on any atom is -0.495 e. The first-order valence-corrected chi connectivity index (χ1v) is 13.3. The zero-order valence-corrected chi connectivity index (χ0v) is 22.1. The number of halogens is 3. The second-order valence-electron chi connectivity index (χ2n) is 7.94. The van der Waals surface area contributed by atoms with Crippen LogP contribution in [0.2, 0.25) is 5.02 Å². The van der Waals surface area contributed by atoms with E-state index in [4.69, 9.17) is 16.3 Å². The summed E-state index contributed by atoms with van der Waals surface area (Å²) in [6, 6.07) is 20.1. The molecule has 36 heavy (non-hydrogen) atoms. The van der Waals surface area contributed by atoms with E-state index >= 15 is 0 Å². The Kier molecular flexibility index (Phi) is 7.78. The molecule has 4 aromatic carbocycles. The van der Waals surface area contributed by atoms with Crippen molar-refractivity contribution >= 4 is 60.3 Å². The third kappa shape index (κ3) is 6.13. The highest BCUT2D eigenvalue weighted by Gasteiger charge is 2.21. The van der Waals surface area contributed by atoms with E-state index in [1.54, 1.807) is 24.3 Å². The summed E-state index contributed by atoms with van der Waals surface area (Å²) in [5, 5.41) is 2.18. The molecule has 1 amide bonds. The first-order valence-electron chi connectivity index (χ1n) is 10.7. The van der Waals surface area contributed by atoms with Gasteiger partial charge in [-0.2, -0.15) is 0 Å². The Hall–Kier alpha value is -3.20. The maximum absolute atomic E-state index is 13.5. The highest BCUT2D eigenvalue weighted by atomic mass is 79.9. The van der Waals surface area contributed by atoms with Crippen LogP contribution in [0.4, 0.5) is 4.39 Å². The molecule has 0 saturated carbocycles. The fraction of sp³-hybridized carbons (Fsp3) is 0.0741. The van der Waals surface area contributed by atoms with Gasteiger partial charge in [-0.05, 0) is 82.4 Å². The van der Waals surface area contributed by atoms with E-state index in [2.05, 4.69) is 15.9 Å². The summed E-state index contributed by atoms with van der Waals surface area (Å²) in [6.07, 6.45) is 3.18. The van der Waals surface area contributed by atoms with E-state index < -0.39 is 15.9 Å². The molecule has 0 fully saturated rings. The lowest BCUT2D eigenvalue weighted by atomic mass is 9.97. The summed E-state index contributed by atoms with van der Waals surface area (Å²) in [5.74, 6) is -1.01. The van der Waals surface area contributed by atoms with Crippen LogP contribution >= 0.6 is 27.5 Å². The van der Waals surface area contributed by atoms with Crippen molar-refractivity contribution in [2.24, 2.45) is 0 Å². The Morgan fingerprint density at radius 3 is 2.56 bits per heavy atom. The number of benzene rings is 4. The lowest BCUT2D eigenvalue weighted by Crippen LogP contribution is -2.29. The van der Waals surface area contributed by atoms with Crippen molar-refractivity contribution in [1.29, 1.82) is 0 Å². The molecule has 0 aliphatic rings. The molecule has 0 aliphatic heterocycles. The normalized spacial score (nSPS) is 11.7. The average Bonchev–Trinajstić information content (AvgIpc) is 2.84. The summed E-state index contributed by atoms with van der Waals surface area (Å²) in [4.78, 5) is 12.4. The van der Waals surface area contributed by atoms with E-state index in [0.717, 1.165) is 28.0 Å². The molecule has 0 aliphatic carbocycles. The molecule has 0 radical (unpaired) electrons. The van der Waals surface area contributed by atoms with Crippen LogP contribution in [-0.4, -0.2) is 21.4 Å². The van der Waals surface area contributed by atoms with Gasteiger partial charge in [0.25, 0.3) is 15.9 Å². The van der Waals surface area contributed by atoms with E-state index in [0.29, 0.717) is 21.5 Å². The van der Waals surface area contributed by atoms with Gasteiger partial charge < -0.3 is 4.74 Å². The number of hydrogen-bond donors (Lipinski definition) is 1. The van der Waals surface area contributed by atoms with Gasteiger partial charge in [0.15, 0.2) is 0 Å². The molecular weight excluding hydrogens is 569 g/mol. The average molecular weight is 589 g/mol. The predicted octanol–water partition coefficient (Wildman–Crippen LogP) is 6.51. The molecule has 5 nitrogen and oxygen atoms in total. The zero-order valence-electron chi connectivity index (χ0n) is 19.0. The van der Waals surface area contributed by atoms with Gasteiger partial charge in [-0.1, -0.05) is 57.9 Å². The van der Waals surface area contributed by atoms with Gasteiger partial charge in [-0.3, -0.25) is 4.79 Å². The van der Waals surface area contributed by atoms with E-state index in [9.17, 15) is 17.6 Å². The molecule has 0 heterocycles. The Morgan fingerprint density at radius 1 is 1.03 bits per heavy atom. The second-order valence-corrected chi connectivity index (χ2v) is 10.9. The number of carbonyl (C=O) groups excluding carboxylic acids is 1. The van der Waals surface area contributed by atoms with Crippen LogP contribution < -0.4 is 9.46 Å². The van der Waals surface area contributed by atoms with Gasteiger partial charge in [0.1, 0.15) is 16.5 Å². The Bertz CT molecular complexity index is 1610. The summed E-state index contributed by atoms with van der Waals surface area (Å²) >= 11 is 9.41.